The smallest absolute Gasteiger partial charge is 0.276 e. The Morgan fingerprint density at radius 1 is 1.26 bits per heavy atom. The number of aromatic nitrogens is 3. The molecule has 1 aromatic rings. The highest BCUT2D eigenvalue weighted by molar-refractivity contribution is 5.92. The van der Waals surface area contributed by atoms with Crippen molar-refractivity contribution in [3.63, 3.8) is 0 Å². The molecule has 2 heterocycles. The molecule has 6 nitrogen and oxygen atoms in total. The van der Waals surface area contributed by atoms with E-state index in [1.165, 1.54) is 32.1 Å². The molecule has 0 unspecified atom stereocenters. The number of aryl methyl sites for hydroxylation is 1. The van der Waals surface area contributed by atoms with Crippen molar-refractivity contribution >= 4 is 5.91 Å². The maximum atomic E-state index is 12.5. The molecule has 1 amide bonds. The molecule has 1 aromatic heterocycles. The number of amides is 1. The van der Waals surface area contributed by atoms with Crippen LogP contribution in [0.1, 0.15) is 55.4 Å². The Labute approximate surface area is 138 Å². The highest BCUT2D eigenvalue weighted by Crippen LogP contribution is 2.26. The van der Waals surface area contributed by atoms with Crippen molar-refractivity contribution in [1.82, 2.24) is 19.9 Å². The number of nitrogens with zero attached hydrogens (tertiary/aromatic N) is 4. The molecule has 1 saturated heterocycles. The second-order valence-electron chi connectivity index (χ2n) is 7.02. The van der Waals surface area contributed by atoms with E-state index in [1.54, 1.807) is 7.11 Å². The molecule has 1 aliphatic heterocycles. The molecular weight excluding hydrogens is 292 g/mol. The van der Waals surface area contributed by atoms with Crippen molar-refractivity contribution in [2.45, 2.75) is 51.5 Å². The van der Waals surface area contributed by atoms with Gasteiger partial charge in [0.25, 0.3) is 5.91 Å². The van der Waals surface area contributed by atoms with E-state index in [1.807, 2.05) is 15.8 Å². The molecule has 0 bridgehead atoms. The Bertz CT molecular complexity index is 510. The zero-order valence-electron chi connectivity index (χ0n) is 14.1. The van der Waals surface area contributed by atoms with Gasteiger partial charge in [0.05, 0.1) is 12.8 Å². The van der Waals surface area contributed by atoms with Crippen molar-refractivity contribution in [3.8, 4) is 0 Å². The molecule has 6 heteroatoms. The van der Waals surface area contributed by atoms with Crippen LogP contribution >= 0.6 is 0 Å². The molecule has 0 aromatic carbocycles. The van der Waals surface area contributed by atoms with Crippen LogP contribution in [0.4, 0.5) is 0 Å². The Kier molecular flexibility index (Phi) is 5.65. The molecule has 0 spiro atoms. The molecule has 0 radical (unpaired) electrons. The first-order valence-electron chi connectivity index (χ1n) is 8.94. The first kappa shape index (κ1) is 16.4. The first-order chi connectivity index (χ1) is 11.3. The fraction of sp³-hybridized carbons (Fsp3) is 0.824. The zero-order valence-corrected chi connectivity index (χ0v) is 14.1. The van der Waals surface area contributed by atoms with Crippen LogP contribution in [-0.2, 0) is 11.3 Å². The Balaban J connectivity index is 1.49. The number of likely N-dealkylation sites (tertiary alicyclic amines) is 1. The SMILES string of the molecule is COC[C@H]1CCN(C(=O)c2cn(CCC3CCCCC3)nn2)C1. The van der Waals surface area contributed by atoms with Crippen LogP contribution in [0.25, 0.3) is 0 Å². The molecule has 23 heavy (non-hydrogen) atoms. The normalized spacial score (nSPS) is 22.7. The van der Waals surface area contributed by atoms with Gasteiger partial charge in [-0.15, -0.1) is 5.10 Å². The number of rotatable bonds is 6. The molecule has 1 atom stereocenters. The van der Waals surface area contributed by atoms with Gasteiger partial charge in [-0.3, -0.25) is 9.48 Å². The van der Waals surface area contributed by atoms with Crippen molar-refractivity contribution in [2.24, 2.45) is 11.8 Å². The van der Waals surface area contributed by atoms with Crippen LogP contribution in [0, 0.1) is 11.8 Å². The van der Waals surface area contributed by atoms with E-state index in [-0.39, 0.29) is 5.91 Å². The summed E-state index contributed by atoms with van der Waals surface area (Å²) >= 11 is 0. The highest BCUT2D eigenvalue weighted by atomic mass is 16.5. The number of hydrogen-bond acceptors (Lipinski definition) is 4. The van der Waals surface area contributed by atoms with Gasteiger partial charge in [0.2, 0.25) is 0 Å². The lowest BCUT2D eigenvalue weighted by Gasteiger charge is -2.20. The second kappa shape index (κ2) is 7.90. The van der Waals surface area contributed by atoms with Gasteiger partial charge in [-0.05, 0) is 18.8 Å². The lowest BCUT2D eigenvalue weighted by atomic mass is 9.87. The number of methoxy groups -OCH3 is 1. The number of ether oxygens (including phenoxy) is 1. The van der Waals surface area contributed by atoms with Crippen molar-refractivity contribution in [1.29, 1.82) is 0 Å². The Morgan fingerprint density at radius 3 is 2.87 bits per heavy atom. The summed E-state index contributed by atoms with van der Waals surface area (Å²) < 4.78 is 7.02. The number of carbonyl (C=O) groups is 1. The monoisotopic (exact) mass is 320 g/mol. The topological polar surface area (TPSA) is 60.2 Å². The van der Waals surface area contributed by atoms with Gasteiger partial charge >= 0.3 is 0 Å². The van der Waals surface area contributed by atoms with Gasteiger partial charge < -0.3 is 9.64 Å². The van der Waals surface area contributed by atoms with Crippen LogP contribution in [-0.4, -0.2) is 52.6 Å². The minimum absolute atomic E-state index is 0.00696. The first-order valence-corrected chi connectivity index (χ1v) is 8.94. The largest absolute Gasteiger partial charge is 0.384 e. The average molecular weight is 320 g/mol. The van der Waals surface area contributed by atoms with Crippen LogP contribution in [0.15, 0.2) is 6.20 Å². The Morgan fingerprint density at radius 2 is 2.09 bits per heavy atom. The van der Waals surface area contributed by atoms with Crippen molar-refractivity contribution in [3.05, 3.63) is 11.9 Å². The van der Waals surface area contributed by atoms with Crippen LogP contribution in [0.3, 0.4) is 0 Å². The summed E-state index contributed by atoms with van der Waals surface area (Å²) in [6.45, 7) is 3.15. The summed E-state index contributed by atoms with van der Waals surface area (Å²) in [6.07, 6.45) is 10.8. The van der Waals surface area contributed by atoms with Gasteiger partial charge in [-0.2, -0.15) is 0 Å². The third-order valence-corrected chi connectivity index (χ3v) is 5.22. The number of carbonyl (C=O) groups excluding carboxylic acids is 1. The molecule has 3 rings (SSSR count). The number of hydrogen-bond donors (Lipinski definition) is 0. The van der Waals surface area contributed by atoms with Gasteiger partial charge in [0.15, 0.2) is 5.69 Å². The second-order valence-corrected chi connectivity index (χ2v) is 7.02. The molecule has 1 aliphatic carbocycles. The molecule has 128 valence electrons. The lowest BCUT2D eigenvalue weighted by Crippen LogP contribution is -2.29. The maximum absolute atomic E-state index is 12.5. The van der Waals surface area contributed by atoms with Gasteiger partial charge in [-0.25, -0.2) is 0 Å². The summed E-state index contributed by atoms with van der Waals surface area (Å²) in [7, 11) is 1.71. The van der Waals surface area contributed by atoms with E-state index in [9.17, 15) is 4.79 Å². The summed E-state index contributed by atoms with van der Waals surface area (Å²) in [5.41, 5.74) is 0.478. The minimum Gasteiger partial charge on any atom is -0.384 e. The van der Waals surface area contributed by atoms with Gasteiger partial charge in [-0.1, -0.05) is 37.3 Å². The zero-order chi connectivity index (χ0) is 16.1. The van der Waals surface area contributed by atoms with Gasteiger partial charge in [0.1, 0.15) is 0 Å². The third-order valence-electron chi connectivity index (χ3n) is 5.22. The van der Waals surface area contributed by atoms with E-state index in [4.69, 9.17) is 4.74 Å². The molecule has 2 fully saturated rings. The fourth-order valence-electron chi connectivity index (χ4n) is 3.85. The Hall–Kier alpha value is -1.43. The summed E-state index contributed by atoms with van der Waals surface area (Å²) in [5, 5.41) is 8.23. The summed E-state index contributed by atoms with van der Waals surface area (Å²) in [6, 6.07) is 0. The van der Waals surface area contributed by atoms with Crippen LogP contribution in [0.2, 0.25) is 0 Å². The van der Waals surface area contributed by atoms with E-state index in [2.05, 4.69) is 10.3 Å². The quantitative estimate of drug-likeness (QED) is 0.807. The molecular formula is C17H28N4O2. The molecule has 1 saturated carbocycles. The molecule has 2 aliphatic rings. The standard InChI is InChI=1S/C17H28N4O2/c1-23-13-15-7-9-20(11-15)17(22)16-12-21(19-18-16)10-8-14-5-3-2-4-6-14/h12,14-15H,2-11,13H2,1H3/t15-/m0/s1. The van der Waals surface area contributed by atoms with E-state index in [0.717, 1.165) is 45.0 Å². The van der Waals surface area contributed by atoms with E-state index >= 15 is 0 Å². The molecule has 0 N–H and O–H groups in total. The van der Waals surface area contributed by atoms with Crippen molar-refractivity contribution in [2.75, 3.05) is 26.8 Å². The predicted octanol–water partition coefficient (Wildman–Crippen LogP) is 2.36. The van der Waals surface area contributed by atoms with Crippen molar-refractivity contribution < 1.29 is 9.53 Å². The third kappa shape index (κ3) is 4.31. The fourth-order valence-corrected chi connectivity index (χ4v) is 3.85. The van der Waals surface area contributed by atoms with Gasteiger partial charge in [0, 0.05) is 32.7 Å². The minimum atomic E-state index is 0.00696. The van der Waals surface area contributed by atoms with E-state index in [0.29, 0.717) is 11.6 Å². The predicted molar refractivity (Wildman–Crippen MR) is 87.1 cm³/mol. The average Bonchev–Trinajstić information content (AvgIpc) is 3.23. The summed E-state index contributed by atoms with van der Waals surface area (Å²) in [5.74, 6) is 1.28. The van der Waals surface area contributed by atoms with Crippen LogP contribution < -0.4 is 0 Å². The maximum Gasteiger partial charge on any atom is 0.276 e. The highest BCUT2D eigenvalue weighted by Gasteiger charge is 2.28. The lowest BCUT2D eigenvalue weighted by molar-refractivity contribution is 0.0769. The van der Waals surface area contributed by atoms with Crippen LogP contribution in [0.5, 0.6) is 0 Å². The van der Waals surface area contributed by atoms with E-state index < -0.39 is 0 Å². The summed E-state index contributed by atoms with van der Waals surface area (Å²) in [4.78, 5) is 14.4.